The lowest BCUT2D eigenvalue weighted by Gasteiger charge is -2.31. The number of nitrogens with zero attached hydrogens (tertiary/aromatic N) is 1. The fourth-order valence-electron chi connectivity index (χ4n) is 2.61. The number of rotatable bonds is 2. The molecule has 3 unspecified atom stereocenters. The zero-order chi connectivity index (χ0) is 12.8. The second-order valence-electron chi connectivity index (χ2n) is 5.49. The number of piperidine rings is 1. The Balaban J connectivity index is 2.05. The van der Waals surface area contributed by atoms with E-state index < -0.39 is 3.42 Å². The van der Waals surface area contributed by atoms with E-state index in [1.165, 1.54) is 0 Å². The zero-order valence-electron chi connectivity index (χ0n) is 10.4. The topological polar surface area (TPSA) is 46.6 Å². The Morgan fingerprint density at radius 2 is 2.12 bits per heavy atom. The molecule has 5 heteroatoms. The van der Waals surface area contributed by atoms with Crippen LogP contribution in [0.25, 0.3) is 0 Å². The maximum atomic E-state index is 11.9. The molecule has 0 aromatic carbocycles. The number of hydrogen-bond acceptors (Lipinski definition) is 4. The van der Waals surface area contributed by atoms with Gasteiger partial charge in [0, 0.05) is 25.3 Å². The number of fused-ring (bicyclic) bond motifs is 2. The summed E-state index contributed by atoms with van der Waals surface area (Å²) in [5, 5.41) is 0. The van der Waals surface area contributed by atoms with E-state index in [9.17, 15) is 9.59 Å². The normalized spacial score (nSPS) is 33.9. The van der Waals surface area contributed by atoms with Crippen LogP contribution >= 0.6 is 22.6 Å². The number of likely N-dealkylation sites (N-methyl/N-ethyl adjacent to an activating group) is 1. The maximum Gasteiger partial charge on any atom is 0.321 e. The standard InChI is InChI=1S/C12H18INO3/c1-12(2,13)11(16)17-10-5-7-4-8(15)6-9(10)14(7)3/h7,9-10H,4-6H2,1-3H3. The Morgan fingerprint density at radius 1 is 1.47 bits per heavy atom. The molecule has 2 aliphatic heterocycles. The first-order valence-corrected chi connectivity index (χ1v) is 7.00. The van der Waals surface area contributed by atoms with Gasteiger partial charge in [-0.05, 0) is 20.9 Å². The van der Waals surface area contributed by atoms with Gasteiger partial charge in [-0.3, -0.25) is 14.5 Å². The molecule has 4 nitrogen and oxygen atoms in total. The zero-order valence-corrected chi connectivity index (χ0v) is 12.6. The summed E-state index contributed by atoms with van der Waals surface area (Å²) in [4.78, 5) is 25.6. The van der Waals surface area contributed by atoms with Crippen molar-refractivity contribution in [3.05, 3.63) is 0 Å². The van der Waals surface area contributed by atoms with E-state index in [0.29, 0.717) is 18.6 Å². The van der Waals surface area contributed by atoms with Crippen LogP contribution in [-0.2, 0) is 14.3 Å². The lowest BCUT2D eigenvalue weighted by molar-refractivity contribution is -0.152. The van der Waals surface area contributed by atoms with Crippen molar-refractivity contribution >= 4 is 34.3 Å². The lowest BCUT2D eigenvalue weighted by atomic mass is 10.0. The Bertz CT molecular complexity index is 350. The van der Waals surface area contributed by atoms with E-state index in [4.69, 9.17) is 4.74 Å². The van der Waals surface area contributed by atoms with Crippen LogP contribution in [-0.4, -0.2) is 45.3 Å². The van der Waals surface area contributed by atoms with E-state index in [0.717, 1.165) is 6.42 Å². The summed E-state index contributed by atoms with van der Waals surface area (Å²) in [6, 6.07) is 0.348. The molecule has 0 N–H and O–H groups in total. The first-order chi connectivity index (χ1) is 7.79. The highest BCUT2D eigenvalue weighted by Crippen LogP contribution is 2.35. The van der Waals surface area contributed by atoms with Crippen molar-refractivity contribution in [3.8, 4) is 0 Å². The Morgan fingerprint density at radius 3 is 2.71 bits per heavy atom. The minimum Gasteiger partial charge on any atom is -0.460 e. The molecule has 2 rings (SSSR count). The van der Waals surface area contributed by atoms with E-state index in [2.05, 4.69) is 27.5 Å². The van der Waals surface area contributed by atoms with Crippen LogP contribution < -0.4 is 0 Å². The molecule has 2 fully saturated rings. The molecule has 0 aromatic heterocycles. The summed E-state index contributed by atoms with van der Waals surface area (Å²) in [7, 11) is 2.02. The van der Waals surface area contributed by atoms with E-state index >= 15 is 0 Å². The van der Waals surface area contributed by atoms with Crippen LogP contribution in [0.3, 0.4) is 0 Å². The molecule has 0 amide bonds. The Kier molecular flexibility index (Phi) is 3.51. The average Bonchev–Trinajstić information content (AvgIpc) is 2.40. The minimum atomic E-state index is -0.503. The molecule has 2 saturated heterocycles. The second-order valence-corrected chi connectivity index (χ2v) is 8.18. The van der Waals surface area contributed by atoms with Crippen LogP contribution in [0.15, 0.2) is 0 Å². The van der Waals surface area contributed by atoms with Crippen molar-refractivity contribution in [1.82, 2.24) is 4.90 Å². The van der Waals surface area contributed by atoms with Crippen molar-refractivity contribution < 1.29 is 14.3 Å². The van der Waals surface area contributed by atoms with Crippen LogP contribution in [0.4, 0.5) is 0 Å². The number of ketones is 1. The largest absolute Gasteiger partial charge is 0.460 e. The van der Waals surface area contributed by atoms with Crippen molar-refractivity contribution in [2.75, 3.05) is 7.05 Å². The van der Waals surface area contributed by atoms with Crippen LogP contribution in [0.2, 0.25) is 0 Å². The van der Waals surface area contributed by atoms with Gasteiger partial charge in [0.05, 0.1) is 6.04 Å². The molecular weight excluding hydrogens is 333 g/mol. The summed E-state index contributed by atoms with van der Waals surface area (Å²) in [6.45, 7) is 3.68. The van der Waals surface area contributed by atoms with E-state index in [1.807, 2.05) is 20.9 Å². The SMILES string of the molecule is CN1C2CC(=O)CC1C(OC(=O)C(C)(C)I)C2. The molecular formula is C12H18INO3. The molecule has 0 saturated carbocycles. The van der Waals surface area contributed by atoms with Crippen molar-refractivity contribution in [2.24, 2.45) is 0 Å². The Labute approximate surface area is 115 Å². The van der Waals surface area contributed by atoms with Gasteiger partial charge in [0.1, 0.15) is 15.3 Å². The van der Waals surface area contributed by atoms with Crippen LogP contribution in [0.1, 0.15) is 33.1 Å². The highest BCUT2D eigenvalue weighted by Gasteiger charge is 2.47. The molecule has 17 heavy (non-hydrogen) atoms. The molecule has 0 radical (unpaired) electrons. The second kappa shape index (κ2) is 4.50. The van der Waals surface area contributed by atoms with E-state index in [-0.39, 0.29) is 24.2 Å². The summed E-state index contributed by atoms with van der Waals surface area (Å²) in [5.74, 6) is 0.113. The average molecular weight is 351 g/mol. The smallest absolute Gasteiger partial charge is 0.321 e. The number of carbonyl (C=O) groups is 2. The Hall–Kier alpha value is -0.170. The van der Waals surface area contributed by atoms with Gasteiger partial charge in [-0.1, -0.05) is 22.6 Å². The number of esters is 1. The van der Waals surface area contributed by atoms with Crippen LogP contribution in [0, 0.1) is 0 Å². The van der Waals surface area contributed by atoms with Gasteiger partial charge in [-0.2, -0.15) is 0 Å². The molecule has 2 bridgehead atoms. The van der Waals surface area contributed by atoms with Gasteiger partial charge in [0.25, 0.3) is 0 Å². The number of Topliss-reactive ketones (excluding diaryl/α,β-unsaturated/α-hetero) is 1. The molecule has 2 aliphatic rings. The van der Waals surface area contributed by atoms with E-state index in [1.54, 1.807) is 0 Å². The predicted molar refractivity (Wildman–Crippen MR) is 72.2 cm³/mol. The molecule has 0 spiro atoms. The first-order valence-electron chi connectivity index (χ1n) is 5.92. The van der Waals surface area contributed by atoms with Gasteiger partial charge in [0.15, 0.2) is 0 Å². The lowest BCUT2D eigenvalue weighted by Crippen LogP contribution is -2.44. The molecule has 2 heterocycles. The summed E-state index contributed by atoms with van der Waals surface area (Å²) >= 11 is 2.08. The summed E-state index contributed by atoms with van der Waals surface area (Å²) < 4.78 is 5.07. The van der Waals surface area contributed by atoms with Gasteiger partial charge in [-0.25, -0.2) is 0 Å². The van der Waals surface area contributed by atoms with Gasteiger partial charge in [0.2, 0.25) is 0 Å². The number of alkyl halides is 1. The highest BCUT2D eigenvalue weighted by molar-refractivity contribution is 14.1. The summed E-state index contributed by atoms with van der Waals surface area (Å²) in [6.07, 6.45) is 1.81. The third-order valence-electron chi connectivity index (χ3n) is 3.68. The van der Waals surface area contributed by atoms with Crippen molar-refractivity contribution in [2.45, 2.75) is 54.7 Å². The maximum absolute atomic E-state index is 11.9. The minimum absolute atomic E-state index is 0.0870. The third-order valence-corrected chi connectivity index (χ3v) is 4.12. The summed E-state index contributed by atoms with van der Waals surface area (Å²) in [5.41, 5.74) is 0. The number of halogens is 1. The van der Waals surface area contributed by atoms with Gasteiger partial charge >= 0.3 is 5.97 Å². The van der Waals surface area contributed by atoms with Gasteiger partial charge in [-0.15, -0.1) is 0 Å². The van der Waals surface area contributed by atoms with Gasteiger partial charge < -0.3 is 4.74 Å². The molecule has 96 valence electrons. The van der Waals surface area contributed by atoms with Crippen molar-refractivity contribution in [1.29, 1.82) is 0 Å². The molecule has 3 atom stereocenters. The monoisotopic (exact) mass is 351 g/mol. The first kappa shape index (κ1) is 13.3. The molecule has 0 aliphatic carbocycles. The van der Waals surface area contributed by atoms with Crippen molar-refractivity contribution in [3.63, 3.8) is 0 Å². The highest BCUT2D eigenvalue weighted by atomic mass is 127. The molecule has 0 aromatic rings. The quantitative estimate of drug-likeness (QED) is 0.430. The number of carbonyl (C=O) groups excluding carboxylic acids is 2. The third kappa shape index (κ3) is 2.65. The number of ether oxygens (including phenoxy) is 1. The number of hydrogen-bond donors (Lipinski definition) is 0. The fraction of sp³-hybridized carbons (Fsp3) is 0.833. The predicted octanol–water partition coefficient (Wildman–Crippen LogP) is 1.55. The van der Waals surface area contributed by atoms with Crippen LogP contribution in [0.5, 0.6) is 0 Å². The fourth-order valence-corrected chi connectivity index (χ4v) is 2.74.